The number of hydrogen-bond acceptors (Lipinski definition) is 5. The van der Waals surface area contributed by atoms with Crippen LogP contribution < -0.4 is 9.64 Å². The number of carbonyl (C=O) groups excluding carboxylic acids is 1. The highest BCUT2D eigenvalue weighted by atomic mass is 35.5. The van der Waals surface area contributed by atoms with Gasteiger partial charge in [0.15, 0.2) is 5.17 Å². The first-order valence-electron chi connectivity index (χ1n) is 8.14. The molecule has 1 aliphatic rings. The molecule has 0 aliphatic carbocycles. The second-order valence-corrected chi connectivity index (χ2v) is 8.48. The Morgan fingerprint density at radius 2 is 2.19 bits per heavy atom. The van der Waals surface area contributed by atoms with Crippen LogP contribution in [0.3, 0.4) is 0 Å². The first-order chi connectivity index (χ1) is 12.5. The second-order valence-electron chi connectivity index (χ2n) is 6.10. The van der Waals surface area contributed by atoms with Gasteiger partial charge >= 0.3 is 0 Å². The fourth-order valence-electron chi connectivity index (χ4n) is 2.36. The number of ether oxygens (including phenoxy) is 1. The minimum absolute atomic E-state index is 0.147. The minimum Gasteiger partial charge on any atom is -0.495 e. The van der Waals surface area contributed by atoms with Crippen molar-refractivity contribution < 1.29 is 9.53 Å². The van der Waals surface area contributed by atoms with Crippen LogP contribution in [0.1, 0.15) is 18.7 Å². The molecule has 0 spiro atoms. The van der Waals surface area contributed by atoms with Crippen molar-refractivity contribution in [1.29, 1.82) is 0 Å². The molecule has 1 aromatic carbocycles. The molecule has 4 nitrogen and oxygen atoms in total. The van der Waals surface area contributed by atoms with Gasteiger partial charge in [-0.2, -0.15) is 0 Å². The van der Waals surface area contributed by atoms with Crippen molar-refractivity contribution in [1.82, 2.24) is 0 Å². The third kappa shape index (κ3) is 4.14. The maximum absolute atomic E-state index is 13.0. The van der Waals surface area contributed by atoms with Gasteiger partial charge in [-0.25, -0.2) is 4.99 Å². The standard InChI is InChI=1S/C19H19ClN2O2S2/c1-12(2)11-26-19-21-16(10-14-5-4-8-25-14)18(23)22(19)13-6-7-17(24-3)15(20)9-13/h4-10,12H,11H2,1-3H3/b16-10+. The normalized spacial score (nSPS) is 15.9. The maximum Gasteiger partial charge on any atom is 0.283 e. The van der Waals surface area contributed by atoms with Crippen LogP contribution in [-0.2, 0) is 4.79 Å². The Bertz CT molecular complexity index is 860. The fraction of sp³-hybridized carbons (Fsp3) is 0.263. The number of thioether (sulfide) groups is 1. The van der Waals surface area contributed by atoms with Crippen LogP contribution >= 0.6 is 34.7 Å². The van der Waals surface area contributed by atoms with E-state index in [1.54, 1.807) is 47.2 Å². The summed E-state index contributed by atoms with van der Waals surface area (Å²) in [7, 11) is 1.56. The summed E-state index contributed by atoms with van der Waals surface area (Å²) in [4.78, 5) is 20.2. The number of carbonyl (C=O) groups is 1. The van der Waals surface area contributed by atoms with Crippen LogP contribution in [0.2, 0.25) is 5.02 Å². The van der Waals surface area contributed by atoms with Gasteiger partial charge in [0.25, 0.3) is 5.91 Å². The van der Waals surface area contributed by atoms with E-state index in [0.717, 1.165) is 10.6 Å². The number of amidine groups is 1. The van der Waals surface area contributed by atoms with E-state index in [9.17, 15) is 4.79 Å². The molecule has 1 aliphatic heterocycles. The van der Waals surface area contributed by atoms with Gasteiger partial charge in [0, 0.05) is 10.6 Å². The monoisotopic (exact) mass is 406 g/mol. The summed E-state index contributed by atoms with van der Waals surface area (Å²) < 4.78 is 5.21. The summed E-state index contributed by atoms with van der Waals surface area (Å²) >= 11 is 9.41. The summed E-state index contributed by atoms with van der Waals surface area (Å²) in [6, 6.07) is 9.24. The lowest BCUT2D eigenvalue weighted by Crippen LogP contribution is -2.30. The highest BCUT2D eigenvalue weighted by Gasteiger charge is 2.32. The van der Waals surface area contributed by atoms with Crippen LogP contribution in [0.5, 0.6) is 5.75 Å². The molecule has 0 atom stereocenters. The number of nitrogens with zero attached hydrogens (tertiary/aromatic N) is 2. The Morgan fingerprint density at radius 1 is 1.38 bits per heavy atom. The molecule has 0 N–H and O–H groups in total. The summed E-state index contributed by atoms with van der Waals surface area (Å²) in [5, 5.41) is 3.11. The van der Waals surface area contributed by atoms with Crippen molar-refractivity contribution in [2.45, 2.75) is 13.8 Å². The number of halogens is 1. The quantitative estimate of drug-likeness (QED) is 0.612. The molecule has 2 aromatic rings. The number of amides is 1. The van der Waals surface area contributed by atoms with E-state index >= 15 is 0 Å². The van der Waals surface area contributed by atoms with Crippen LogP contribution in [0.25, 0.3) is 6.08 Å². The van der Waals surface area contributed by atoms with Crippen molar-refractivity contribution >= 4 is 57.5 Å². The Kier molecular flexibility index (Phi) is 6.06. The lowest BCUT2D eigenvalue weighted by Gasteiger charge is -2.19. The molecule has 3 rings (SSSR count). The molecule has 0 bridgehead atoms. The second kappa shape index (κ2) is 8.29. The lowest BCUT2D eigenvalue weighted by molar-refractivity contribution is -0.113. The molecule has 1 amide bonds. The van der Waals surface area contributed by atoms with Crippen LogP contribution in [0.15, 0.2) is 46.4 Å². The average Bonchev–Trinajstić information content (AvgIpc) is 3.22. The van der Waals surface area contributed by atoms with Gasteiger partial charge in [-0.3, -0.25) is 9.69 Å². The largest absolute Gasteiger partial charge is 0.495 e. The van der Waals surface area contributed by atoms with Crippen molar-refractivity contribution in [3.05, 3.63) is 51.3 Å². The first kappa shape index (κ1) is 19.0. The van der Waals surface area contributed by atoms with E-state index < -0.39 is 0 Å². The first-order valence-corrected chi connectivity index (χ1v) is 10.4. The molecule has 2 heterocycles. The molecule has 0 unspecified atom stereocenters. The van der Waals surface area contributed by atoms with Crippen LogP contribution in [0, 0.1) is 5.92 Å². The molecule has 0 saturated heterocycles. The van der Waals surface area contributed by atoms with Gasteiger partial charge in [0.1, 0.15) is 11.4 Å². The summed E-state index contributed by atoms with van der Waals surface area (Å²) in [6.07, 6.45) is 1.83. The molecule has 7 heteroatoms. The number of thiophene rings is 1. The summed E-state index contributed by atoms with van der Waals surface area (Å²) in [6.45, 7) is 4.28. The third-order valence-corrected chi connectivity index (χ3v) is 6.07. The zero-order valence-electron chi connectivity index (χ0n) is 14.7. The van der Waals surface area contributed by atoms with Crippen molar-refractivity contribution in [2.75, 3.05) is 17.8 Å². The molecule has 26 heavy (non-hydrogen) atoms. The molecule has 136 valence electrons. The van der Waals surface area contributed by atoms with Crippen molar-refractivity contribution in [2.24, 2.45) is 10.9 Å². The summed E-state index contributed by atoms with van der Waals surface area (Å²) in [5.41, 5.74) is 1.12. The van der Waals surface area contributed by atoms with Gasteiger partial charge < -0.3 is 4.74 Å². The van der Waals surface area contributed by atoms with Crippen molar-refractivity contribution in [3.8, 4) is 5.75 Å². The predicted molar refractivity (Wildman–Crippen MR) is 113 cm³/mol. The molecule has 0 saturated carbocycles. The Balaban J connectivity index is 1.97. The van der Waals surface area contributed by atoms with E-state index in [4.69, 9.17) is 16.3 Å². The smallest absolute Gasteiger partial charge is 0.283 e. The number of rotatable bonds is 5. The van der Waals surface area contributed by atoms with Crippen molar-refractivity contribution in [3.63, 3.8) is 0 Å². The van der Waals surface area contributed by atoms with Gasteiger partial charge in [0.05, 0.1) is 17.8 Å². The number of anilines is 1. The third-order valence-electron chi connectivity index (χ3n) is 3.59. The Hall–Kier alpha value is -1.76. The highest BCUT2D eigenvalue weighted by Crippen LogP contribution is 2.34. The van der Waals surface area contributed by atoms with E-state index in [1.165, 1.54) is 0 Å². The summed E-state index contributed by atoms with van der Waals surface area (Å²) in [5.74, 6) is 1.79. The number of benzene rings is 1. The molecule has 0 radical (unpaired) electrons. The topological polar surface area (TPSA) is 41.9 Å². The number of aliphatic imine (C=N–C) groups is 1. The van der Waals surface area contributed by atoms with E-state index in [2.05, 4.69) is 18.8 Å². The molecule has 0 fully saturated rings. The zero-order chi connectivity index (χ0) is 18.7. The van der Waals surface area contributed by atoms with Crippen LogP contribution in [0.4, 0.5) is 5.69 Å². The highest BCUT2D eigenvalue weighted by molar-refractivity contribution is 8.14. The number of hydrogen-bond donors (Lipinski definition) is 0. The molecular weight excluding hydrogens is 388 g/mol. The van der Waals surface area contributed by atoms with Gasteiger partial charge in [-0.1, -0.05) is 43.3 Å². The molecular formula is C19H19ClN2O2S2. The fourth-order valence-corrected chi connectivity index (χ4v) is 4.23. The van der Waals surface area contributed by atoms with Gasteiger partial charge in [0.2, 0.25) is 0 Å². The SMILES string of the molecule is COc1ccc(N2C(=O)/C(=C\c3cccs3)N=C2SCC(C)C)cc1Cl. The Labute approximate surface area is 166 Å². The minimum atomic E-state index is -0.147. The van der Waals surface area contributed by atoms with Gasteiger partial charge in [-0.15, -0.1) is 11.3 Å². The van der Waals surface area contributed by atoms with E-state index in [0.29, 0.717) is 33.2 Å². The average molecular weight is 407 g/mol. The zero-order valence-corrected chi connectivity index (χ0v) is 17.1. The maximum atomic E-state index is 13.0. The van der Waals surface area contributed by atoms with E-state index in [1.807, 2.05) is 29.7 Å². The molecule has 1 aromatic heterocycles. The van der Waals surface area contributed by atoms with Gasteiger partial charge in [-0.05, 0) is 41.6 Å². The van der Waals surface area contributed by atoms with Crippen LogP contribution in [-0.4, -0.2) is 23.9 Å². The lowest BCUT2D eigenvalue weighted by atomic mass is 10.2. The predicted octanol–water partition coefficient (Wildman–Crippen LogP) is 5.54. The Morgan fingerprint density at radius 3 is 2.81 bits per heavy atom. The number of methoxy groups -OCH3 is 1. The van der Waals surface area contributed by atoms with E-state index in [-0.39, 0.29) is 5.91 Å².